The quantitative estimate of drug-likeness (QED) is 0.832. The summed E-state index contributed by atoms with van der Waals surface area (Å²) >= 11 is 0. The number of carboxylic acids is 1. The number of amides is 1. The first-order valence-corrected chi connectivity index (χ1v) is 5.93. The zero-order valence-electron chi connectivity index (χ0n) is 10.3. The summed E-state index contributed by atoms with van der Waals surface area (Å²) in [7, 11) is 0. The maximum atomic E-state index is 11.7. The van der Waals surface area contributed by atoms with E-state index in [-0.39, 0.29) is 31.2 Å². The predicted molar refractivity (Wildman–Crippen MR) is 65.5 cm³/mol. The van der Waals surface area contributed by atoms with Crippen molar-refractivity contribution in [2.24, 2.45) is 0 Å². The zero-order valence-corrected chi connectivity index (χ0v) is 10.3. The molecule has 0 spiro atoms. The summed E-state index contributed by atoms with van der Waals surface area (Å²) in [6, 6.07) is 6.55. The molecule has 6 heteroatoms. The molecule has 1 aliphatic heterocycles. The summed E-state index contributed by atoms with van der Waals surface area (Å²) in [6.07, 6.45) is -0.577. The van der Waals surface area contributed by atoms with Crippen molar-refractivity contribution in [3.05, 3.63) is 29.8 Å². The van der Waals surface area contributed by atoms with Crippen LogP contribution in [0.2, 0.25) is 0 Å². The van der Waals surface area contributed by atoms with Crippen molar-refractivity contribution in [3.8, 4) is 5.75 Å². The Kier molecular flexibility index (Phi) is 4.01. The highest BCUT2D eigenvalue weighted by Gasteiger charge is 2.27. The number of aromatic hydroxyl groups is 1. The van der Waals surface area contributed by atoms with Gasteiger partial charge in [-0.2, -0.15) is 0 Å². The molecule has 2 N–H and O–H groups in total. The molecule has 1 unspecified atom stereocenters. The molecule has 1 aliphatic rings. The molecule has 1 aromatic carbocycles. The van der Waals surface area contributed by atoms with Gasteiger partial charge in [0.25, 0.3) is 0 Å². The summed E-state index contributed by atoms with van der Waals surface area (Å²) < 4.78 is 5.18. The van der Waals surface area contributed by atoms with Crippen LogP contribution in [0.1, 0.15) is 12.0 Å². The van der Waals surface area contributed by atoms with Gasteiger partial charge in [-0.05, 0) is 17.7 Å². The van der Waals surface area contributed by atoms with E-state index >= 15 is 0 Å². The molecule has 0 aliphatic carbocycles. The van der Waals surface area contributed by atoms with E-state index in [1.165, 1.54) is 0 Å². The van der Waals surface area contributed by atoms with Gasteiger partial charge in [-0.15, -0.1) is 0 Å². The van der Waals surface area contributed by atoms with Crippen molar-refractivity contribution in [1.29, 1.82) is 0 Å². The summed E-state index contributed by atoms with van der Waals surface area (Å²) in [5.74, 6) is -0.931. The van der Waals surface area contributed by atoms with E-state index in [0.717, 1.165) is 5.56 Å². The van der Waals surface area contributed by atoms with Crippen LogP contribution in [0.25, 0.3) is 0 Å². The molecule has 1 atom stereocenters. The number of hydrogen-bond acceptors (Lipinski definition) is 4. The largest absolute Gasteiger partial charge is 0.508 e. The summed E-state index contributed by atoms with van der Waals surface area (Å²) in [6.45, 7) is 0.570. The van der Waals surface area contributed by atoms with Gasteiger partial charge in [0.05, 0.1) is 12.5 Å². The maximum absolute atomic E-state index is 11.7. The standard InChI is InChI=1S/C13H15NO5/c15-10-3-1-9(2-4-10)6-14-7-11(5-13(17)18)19-8-12(14)16/h1-4,11,15H,5-8H2,(H,17,18). The molecular formula is C13H15NO5. The number of carboxylic acid groups (broad SMARTS) is 1. The smallest absolute Gasteiger partial charge is 0.306 e. The fraction of sp³-hybridized carbons (Fsp3) is 0.385. The van der Waals surface area contributed by atoms with Crippen molar-refractivity contribution in [2.75, 3.05) is 13.2 Å². The van der Waals surface area contributed by atoms with E-state index < -0.39 is 12.1 Å². The average Bonchev–Trinajstić information content (AvgIpc) is 2.35. The van der Waals surface area contributed by atoms with E-state index in [2.05, 4.69) is 0 Å². The molecule has 102 valence electrons. The Morgan fingerprint density at radius 1 is 1.37 bits per heavy atom. The predicted octanol–water partition coefficient (Wildman–Crippen LogP) is 0.594. The first kappa shape index (κ1) is 13.4. The number of carbonyl (C=O) groups is 2. The van der Waals surface area contributed by atoms with Gasteiger partial charge in [0.2, 0.25) is 5.91 Å². The van der Waals surface area contributed by atoms with E-state index in [1.54, 1.807) is 29.2 Å². The van der Waals surface area contributed by atoms with Crippen molar-refractivity contribution in [3.63, 3.8) is 0 Å². The second-order valence-electron chi connectivity index (χ2n) is 4.47. The molecule has 0 aromatic heterocycles. The average molecular weight is 265 g/mol. The number of morpholine rings is 1. The van der Waals surface area contributed by atoms with Crippen LogP contribution in [0.4, 0.5) is 0 Å². The van der Waals surface area contributed by atoms with Gasteiger partial charge >= 0.3 is 5.97 Å². The van der Waals surface area contributed by atoms with Crippen LogP contribution in [0.3, 0.4) is 0 Å². The molecule has 1 saturated heterocycles. The van der Waals surface area contributed by atoms with Crippen LogP contribution in [0.15, 0.2) is 24.3 Å². The molecule has 0 radical (unpaired) electrons. The lowest BCUT2D eigenvalue weighted by molar-refractivity contribution is -0.155. The molecule has 2 rings (SSSR count). The fourth-order valence-electron chi connectivity index (χ4n) is 1.97. The molecule has 1 fully saturated rings. The van der Waals surface area contributed by atoms with Crippen molar-refractivity contribution >= 4 is 11.9 Å². The molecule has 1 aromatic rings. The molecule has 19 heavy (non-hydrogen) atoms. The SMILES string of the molecule is O=C(O)CC1CN(Cc2ccc(O)cc2)C(=O)CO1. The van der Waals surface area contributed by atoms with E-state index in [4.69, 9.17) is 9.84 Å². The van der Waals surface area contributed by atoms with Crippen molar-refractivity contribution < 1.29 is 24.5 Å². The third-order valence-electron chi connectivity index (χ3n) is 2.93. The van der Waals surface area contributed by atoms with Crippen molar-refractivity contribution in [2.45, 2.75) is 19.1 Å². The highest BCUT2D eigenvalue weighted by Crippen LogP contribution is 2.15. The van der Waals surface area contributed by atoms with Gasteiger partial charge < -0.3 is 19.8 Å². The molecule has 1 heterocycles. The summed E-state index contributed by atoms with van der Waals surface area (Å²) in [5, 5.41) is 17.9. The minimum absolute atomic E-state index is 0.0873. The van der Waals surface area contributed by atoms with Gasteiger partial charge in [0.15, 0.2) is 0 Å². The summed E-state index contributed by atoms with van der Waals surface area (Å²) in [4.78, 5) is 23.9. The Balaban J connectivity index is 1.99. The first-order chi connectivity index (χ1) is 9.04. The third-order valence-corrected chi connectivity index (χ3v) is 2.93. The Labute approximate surface area is 110 Å². The number of ether oxygens (including phenoxy) is 1. The Morgan fingerprint density at radius 2 is 2.05 bits per heavy atom. The van der Waals surface area contributed by atoms with Crippen LogP contribution in [-0.4, -0.2) is 46.2 Å². The highest BCUT2D eigenvalue weighted by molar-refractivity contribution is 5.78. The van der Waals surface area contributed by atoms with E-state index in [1.807, 2.05) is 0 Å². The second-order valence-corrected chi connectivity index (χ2v) is 4.47. The van der Waals surface area contributed by atoms with Crippen LogP contribution < -0.4 is 0 Å². The lowest BCUT2D eigenvalue weighted by Gasteiger charge is -2.32. The number of rotatable bonds is 4. The highest BCUT2D eigenvalue weighted by atomic mass is 16.5. The number of phenols is 1. The minimum Gasteiger partial charge on any atom is -0.508 e. The van der Waals surface area contributed by atoms with E-state index in [0.29, 0.717) is 6.54 Å². The minimum atomic E-state index is -0.941. The second kappa shape index (κ2) is 5.71. The topological polar surface area (TPSA) is 87.1 Å². The number of phenolic OH excluding ortho intramolecular Hbond substituents is 1. The van der Waals surface area contributed by atoms with Gasteiger partial charge in [-0.25, -0.2) is 0 Å². The van der Waals surface area contributed by atoms with Gasteiger partial charge in [-0.3, -0.25) is 9.59 Å². The maximum Gasteiger partial charge on any atom is 0.306 e. The molecule has 0 saturated carbocycles. The molecule has 0 bridgehead atoms. The Hall–Kier alpha value is -2.08. The Morgan fingerprint density at radius 3 is 2.68 bits per heavy atom. The molecule has 1 amide bonds. The number of benzene rings is 1. The Bertz CT molecular complexity index is 470. The van der Waals surface area contributed by atoms with Crippen LogP contribution in [0.5, 0.6) is 5.75 Å². The summed E-state index contributed by atoms with van der Waals surface area (Å²) in [5.41, 5.74) is 0.877. The van der Waals surface area contributed by atoms with E-state index in [9.17, 15) is 14.7 Å². The third kappa shape index (κ3) is 3.69. The normalized spacial score (nSPS) is 19.5. The van der Waals surface area contributed by atoms with Gasteiger partial charge in [0.1, 0.15) is 12.4 Å². The van der Waals surface area contributed by atoms with Crippen LogP contribution in [-0.2, 0) is 20.9 Å². The van der Waals surface area contributed by atoms with Crippen LogP contribution in [0, 0.1) is 0 Å². The van der Waals surface area contributed by atoms with Gasteiger partial charge in [-0.1, -0.05) is 12.1 Å². The number of hydrogen-bond donors (Lipinski definition) is 2. The zero-order chi connectivity index (χ0) is 13.8. The number of carbonyl (C=O) groups excluding carboxylic acids is 1. The van der Waals surface area contributed by atoms with Gasteiger partial charge in [0, 0.05) is 13.1 Å². The van der Waals surface area contributed by atoms with Crippen molar-refractivity contribution in [1.82, 2.24) is 4.90 Å². The van der Waals surface area contributed by atoms with Crippen LogP contribution >= 0.6 is 0 Å². The monoisotopic (exact) mass is 265 g/mol. The fourth-order valence-corrected chi connectivity index (χ4v) is 1.97. The molecule has 6 nitrogen and oxygen atoms in total. The molecular weight excluding hydrogens is 250 g/mol. The lowest BCUT2D eigenvalue weighted by atomic mass is 10.1. The number of nitrogens with zero attached hydrogens (tertiary/aromatic N) is 1. The lowest BCUT2D eigenvalue weighted by Crippen LogP contribution is -2.46. The number of aliphatic carboxylic acids is 1. The first-order valence-electron chi connectivity index (χ1n) is 5.93.